The largest absolute Gasteiger partial charge is 0.468 e. The van der Waals surface area contributed by atoms with Crippen LogP contribution in [0.3, 0.4) is 0 Å². The molecule has 0 radical (unpaired) electrons. The van der Waals surface area contributed by atoms with E-state index in [1.54, 1.807) is 18.2 Å². The fraction of sp³-hybridized carbons (Fsp3) is 0.125. The van der Waals surface area contributed by atoms with Crippen LogP contribution in [-0.2, 0) is 9.53 Å². The number of hydrogen-bond donors (Lipinski definition) is 1. The fourth-order valence-corrected chi connectivity index (χ4v) is 2.19. The molecule has 2 aromatic carbocycles. The van der Waals surface area contributed by atoms with Gasteiger partial charge in [0.1, 0.15) is 17.7 Å². The number of methoxy groups -OCH3 is 1. The molecule has 1 heterocycles. The van der Waals surface area contributed by atoms with Crippen molar-refractivity contribution in [3.63, 3.8) is 0 Å². The van der Waals surface area contributed by atoms with Gasteiger partial charge < -0.3 is 14.5 Å². The highest BCUT2D eigenvalue weighted by Gasteiger charge is 2.12. The molecule has 1 N–H and O–H groups in total. The Kier molecular flexibility index (Phi) is 3.31. The third-order valence-corrected chi connectivity index (χ3v) is 3.26. The Morgan fingerprint density at radius 2 is 1.86 bits per heavy atom. The Morgan fingerprint density at radius 1 is 1.10 bits per heavy atom. The number of carbonyl (C=O) groups is 2. The molecule has 0 aliphatic heterocycles. The lowest BCUT2D eigenvalue weighted by molar-refractivity contribution is -0.139. The van der Waals surface area contributed by atoms with Crippen molar-refractivity contribution in [1.82, 2.24) is 5.32 Å². The maximum absolute atomic E-state index is 12.0. The number of esters is 1. The number of benzene rings is 2. The monoisotopic (exact) mass is 283 g/mol. The first kappa shape index (κ1) is 13.2. The lowest BCUT2D eigenvalue weighted by Crippen LogP contribution is -2.30. The molecule has 0 atom stereocenters. The van der Waals surface area contributed by atoms with E-state index in [1.165, 1.54) is 7.11 Å². The van der Waals surface area contributed by atoms with Crippen LogP contribution in [0.4, 0.5) is 0 Å². The second kappa shape index (κ2) is 5.28. The Bertz CT molecular complexity index is 835. The van der Waals surface area contributed by atoms with E-state index in [9.17, 15) is 9.59 Å². The third-order valence-electron chi connectivity index (χ3n) is 3.26. The number of fused-ring (bicyclic) bond motifs is 3. The number of ether oxygens (including phenoxy) is 1. The quantitative estimate of drug-likeness (QED) is 0.750. The highest BCUT2D eigenvalue weighted by molar-refractivity contribution is 6.08. The molecule has 21 heavy (non-hydrogen) atoms. The van der Waals surface area contributed by atoms with Crippen molar-refractivity contribution in [3.8, 4) is 0 Å². The van der Waals surface area contributed by atoms with Gasteiger partial charge in [-0.3, -0.25) is 9.59 Å². The van der Waals surface area contributed by atoms with Gasteiger partial charge in [-0.15, -0.1) is 0 Å². The number of rotatable bonds is 3. The molecule has 0 fully saturated rings. The summed E-state index contributed by atoms with van der Waals surface area (Å²) in [6, 6.07) is 12.8. The Hall–Kier alpha value is -2.82. The molecule has 1 amide bonds. The molecule has 0 bridgehead atoms. The molecule has 5 nitrogen and oxygen atoms in total. The van der Waals surface area contributed by atoms with Crippen molar-refractivity contribution < 1.29 is 18.7 Å². The molecular formula is C16H13NO4. The number of carbonyl (C=O) groups excluding carboxylic acids is 2. The summed E-state index contributed by atoms with van der Waals surface area (Å²) in [5, 5.41) is 4.34. The summed E-state index contributed by atoms with van der Waals surface area (Å²) in [6.45, 7) is -0.153. The third kappa shape index (κ3) is 2.45. The summed E-state index contributed by atoms with van der Waals surface area (Å²) in [5.74, 6) is -0.814. The zero-order valence-corrected chi connectivity index (χ0v) is 11.4. The van der Waals surface area contributed by atoms with Crippen LogP contribution in [-0.4, -0.2) is 25.5 Å². The summed E-state index contributed by atoms with van der Waals surface area (Å²) < 4.78 is 10.2. The van der Waals surface area contributed by atoms with Gasteiger partial charge >= 0.3 is 5.97 Å². The minimum Gasteiger partial charge on any atom is -0.468 e. The van der Waals surface area contributed by atoms with Gasteiger partial charge in [-0.2, -0.15) is 0 Å². The molecule has 1 aromatic heterocycles. The van der Waals surface area contributed by atoms with E-state index in [4.69, 9.17) is 4.42 Å². The van der Waals surface area contributed by atoms with Crippen molar-refractivity contribution in [3.05, 3.63) is 48.0 Å². The molecule has 5 heteroatoms. The molecule has 106 valence electrons. The van der Waals surface area contributed by atoms with Crippen molar-refractivity contribution in [2.75, 3.05) is 13.7 Å². The number of amides is 1. The zero-order valence-electron chi connectivity index (χ0n) is 11.4. The average Bonchev–Trinajstić information content (AvgIpc) is 2.90. The van der Waals surface area contributed by atoms with Gasteiger partial charge in [-0.05, 0) is 24.3 Å². The van der Waals surface area contributed by atoms with Crippen LogP contribution in [0.5, 0.6) is 0 Å². The second-order valence-corrected chi connectivity index (χ2v) is 4.57. The van der Waals surface area contributed by atoms with E-state index in [2.05, 4.69) is 10.1 Å². The molecule has 3 aromatic rings. The van der Waals surface area contributed by atoms with Gasteiger partial charge in [0.05, 0.1) is 7.11 Å². The smallest absolute Gasteiger partial charge is 0.325 e. The fourth-order valence-electron chi connectivity index (χ4n) is 2.19. The van der Waals surface area contributed by atoms with Crippen molar-refractivity contribution in [2.45, 2.75) is 0 Å². The Morgan fingerprint density at radius 3 is 2.67 bits per heavy atom. The lowest BCUT2D eigenvalue weighted by Gasteiger charge is -2.03. The topological polar surface area (TPSA) is 68.5 Å². The molecule has 0 saturated heterocycles. The molecule has 0 unspecified atom stereocenters. The SMILES string of the molecule is COC(=O)CNC(=O)c1ccc2oc3ccccc3c2c1. The van der Waals surface area contributed by atoms with Gasteiger partial charge in [-0.25, -0.2) is 0 Å². The van der Waals surface area contributed by atoms with E-state index < -0.39 is 5.97 Å². The van der Waals surface area contributed by atoms with Gasteiger partial charge in [0, 0.05) is 16.3 Å². The molecule has 0 aliphatic rings. The summed E-state index contributed by atoms with van der Waals surface area (Å²) >= 11 is 0. The van der Waals surface area contributed by atoms with E-state index in [0.717, 1.165) is 21.9 Å². The van der Waals surface area contributed by atoms with Crippen LogP contribution in [0.2, 0.25) is 0 Å². The van der Waals surface area contributed by atoms with E-state index in [0.29, 0.717) is 5.56 Å². The van der Waals surface area contributed by atoms with Gasteiger partial charge in [0.25, 0.3) is 5.91 Å². The number of para-hydroxylation sites is 1. The number of furan rings is 1. The first-order valence-corrected chi connectivity index (χ1v) is 6.45. The predicted molar refractivity (Wildman–Crippen MR) is 78.1 cm³/mol. The highest BCUT2D eigenvalue weighted by Crippen LogP contribution is 2.29. The zero-order chi connectivity index (χ0) is 14.8. The molecular weight excluding hydrogens is 270 g/mol. The molecule has 0 spiro atoms. The predicted octanol–water partition coefficient (Wildman–Crippen LogP) is 2.49. The molecule has 0 saturated carbocycles. The first-order valence-electron chi connectivity index (χ1n) is 6.45. The summed E-state index contributed by atoms with van der Waals surface area (Å²) in [5.41, 5.74) is 1.97. The van der Waals surface area contributed by atoms with Crippen LogP contribution in [0.25, 0.3) is 21.9 Å². The lowest BCUT2D eigenvalue weighted by atomic mass is 10.1. The number of nitrogens with one attached hydrogen (secondary N) is 1. The average molecular weight is 283 g/mol. The summed E-state index contributed by atoms with van der Waals surface area (Å²) in [7, 11) is 1.28. The van der Waals surface area contributed by atoms with Crippen molar-refractivity contribution >= 4 is 33.8 Å². The normalized spacial score (nSPS) is 10.7. The van der Waals surface area contributed by atoms with Crippen molar-refractivity contribution in [1.29, 1.82) is 0 Å². The summed E-state index contributed by atoms with van der Waals surface area (Å²) in [4.78, 5) is 23.1. The van der Waals surface area contributed by atoms with Crippen LogP contribution >= 0.6 is 0 Å². The van der Waals surface area contributed by atoms with E-state index in [1.807, 2.05) is 24.3 Å². The van der Waals surface area contributed by atoms with E-state index >= 15 is 0 Å². The van der Waals surface area contributed by atoms with Crippen LogP contribution < -0.4 is 5.32 Å². The summed E-state index contributed by atoms with van der Waals surface area (Å²) in [6.07, 6.45) is 0. The minimum atomic E-state index is -0.488. The standard InChI is InChI=1S/C16H13NO4/c1-20-15(18)9-17-16(19)10-6-7-14-12(8-10)11-4-2-3-5-13(11)21-14/h2-8H,9H2,1H3,(H,17,19). The second-order valence-electron chi connectivity index (χ2n) is 4.57. The van der Waals surface area contributed by atoms with Crippen LogP contribution in [0.15, 0.2) is 46.9 Å². The van der Waals surface area contributed by atoms with Crippen LogP contribution in [0, 0.1) is 0 Å². The Labute approximate surface area is 120 Å². The highest BCUT2D eigenvalue weighted by atomic mass is 16.5. The molecule has 0 aliphatic carbocycles. The number of hydrogen-bond acceptors (Lipinski definition) is 4. The maximum Gasteiger partial charge on any atom is 0.325 e. The first-order chi connectivity index (χ1) is 10.2. The minimum absolute atomic E-state index is 0.153. The molecule has 3 rings (SSSR count). The van der Waals surface area contributed by atoms with E-state index in [-0.39, 0.29) is 12.5 Å². The maximum atomic E-state index is 12.0. The van der Waals surface area contributed by atoms with Crippen molar-refractivity contribution in [2.24, 2.45) is 0 Å². The van der Waals surface area contributed by atoms with Gasteiger partial charge in [-0.1, -0.05) is 18.2 Å². The van der Waals surface area contributed by atoms with Crippen LogP contribution in [0.1, 0.15) is 10.4 Å². The Balaban J connectivity index is 1.94. The van der Waals surface area contributed by atoms with Gasteiger partial charge in [0.15, 0.2) is 0 Å². The van der Waals surface area contributed by atoms with Gasteiger partial charge in [0.2, 0.25) is 0 Å².